The molecule has 290 valence electrons. The van der Waals surface area contributed by atoms with Gasteiger partial charge in [-0.1, -0.05) is 42.5 Å². The molecular formula is C40H52N6O6S2. The molecule has 0 spiro atoms. The Morgan fingerprint density at radius 2 is 1.35 bits per heavy atom. The maximum Gasteiger partial charge on any atom is 0.332 e. The van der Waals surface area contributed by atoms with Crippen molar-refractivity contribution in [1.82, 2.24) is 14.3 Å². The Bertz CT molecular complexity index is 2140. The molecule has 3 aromatic rings. The van der Waals surface area contributed by atoms with Crippen LogP contribution in [0.5, 0.6) is 0 Å². The number of aryl methyl sites for hydroxylation is 3. The first kappa shape index (κ1) is 38.3. The summed E-state index contributed by atoms with van der Waals surface area (Å²) in [5.74, 6) is -0.0624. The average molecular weight is 777 g/mol. The zero-order valence-electron chi connectivity index (χ0n) is 31.0. The van der Waals surface area contributed by atoms with Crippen molar-refractivity contribution in [3.8, 4) is 0 Å². The van der Waals surface area contributed by atoms with Gasteiger partial charge in [-0.05, 0) is 159 Å². The van der Waals surface area contributed by atoms with Crippen molar-refractivity contribution >= 4 is 43.5 Å². The van der Waals surface area contributed by atoms with Gasteiger partial charge in [0.2, 0.25) is 20.0 Å². The molecule has 0 radical (unpaired) electrons. The van der Waals surface area contributed by atoms with Crippen LogP contribution in [0.25, 0.3) is 0 Å². The van der Waals surface area contributed by atoms with Crippen molar-refractivity contribution in [2.75, 3.05) is 42.3 Å². The molecule has 0 bridgehead atoms. The van der Waals surface area contributed by atoms with Crippen LogP contribution in [0.4, 0.5) is 21.0 Å². The fourth-order valence-electron chi connectivity index (χ4n) is 9.28. The molecule has 0 fully saturated rings. The summed E-state index contributed by atoms with van der Waals surface area (Å²) in [5, 5.41) is 5.99. The summed E-state index contributed by atoms with van der Waals surface area (Å²) in [6, 6.07) is 13.1. The van der Waals surface area contributed by atoms with Crippen LogP contribution < -0.4 is 25.8 Å². The summed E-state index contributed by atoms with van der Waals surface area (Å²) in [4.78, 5) is 28.6. The molecule has 4 aliphatic carbocycles. The molecule has 2 atom stereocenters. The topological polar surface area (TPSA) is 180 Å². The summed E-state index contributed by atoms with van der Waals surface area (Å²) in [6.07, 6.45) is 9.36. The number of urea groups is 2. The van der Waals surface area contributed by atoms with Gasteiger partial charge in [-0.2, -0.15) is 0 Å². The summed E-state index contributed by atoms with van der Waals surface area (Å²) >= 11 is 0. The minimum Gasteiger partial charge on any atom is -0.330 e. The maximum absolute atomic E-state index is 13.4. The molecule has 0 aromatic heterocycles. The first-order valence-corrected chi connectivity index (χ1v) is 22.6. The van der Waals surface area contributed by atoms with Gasteiger partial charge >= 0.3 is 12.1 Å². The number of nitrogens with one attached hydrogen (secondary N) is 4. The number of carbonyl (C=O) groups is 2. The van der Waals surface area contributed by atoms with Gasteiger partial charge in [0.25, 0.3) is 0 Å². The number of fused-ring (bicyclic) bond motifs is 4. The van der Waals surface area contributed by atoms with Crippen LogP contribution in [0.15, 0.2) is 42.5 Å². The van der Waals surface area contributed by atoms with Crippen LogP contribution in [0.2, 0.25) is 0 Å². The first-order valence-electron chi connectivity index (χ1n) is 19.3. The lowest BCUT2D eigenvalue weighted by atomic mass is 9.83. The Morgan fingerprint density at radius 1 is 0.741 bits per heavy atom. The normalized spacial score (nSPS) is 18.6. The van der Waals surface area contributed by atoms with Crippen LogP contribution >= 0.6 is 0 Å². The third kappa shape index (κ3) is 8.61. The molecule has 14 heteroatoms. The second-order valence-corrected chi connectivity index (χ2v) is 19.2. The fraction of sp³-hybridized carbons (Fsp3) is 0.500. The lowest BCUT2D eigenvalue weighted by Crippen LogP contribution is -2.37. The maximum atomic E-state index is 13.4. The SMILES string of the molecule is CN(CCCS(=O)(=O)NC(=O)Nc1c2c(cc3c1CC(C1CCc4cc5c(c(NC(=O)NS(=O)(=O)CCCN)c41)CCC5)C3)CCC2)Cc1ccccc1. The van der Waals surface area contributed by atoms with Gasteiger partial charge in [-0.25, -0.2) is 35.9 Å². The highest BCUT2D eigenvalue weighted by Crippen LogP contribution is 2.51. The van der Waals surface area contributed by atoms with E-state index in [2.05, 4.69) is 37.1 Å². The lowest BCUT2D eigenvalue weighted by molar-refractivity contribution is 0.255. The van der Waals surface area contributed by atoms with Crippen LogP contribution in [0.3, 0.4) is 0 Å². The van der Waals surface area contributed by atoms with E-state index in [4.69, 9.17) is 5.73 Å². The fourth-order valence-corrected chi connectivity index (χ4v) is 11.2. The summed E-state index contributed by atoms with van der Waals surface area (Å²) in [5.41, 5.74) is 17.3. The predicted molar refractivity (Wildman–Crippen MR) is 212 cm³/mol. The van der Waals surface area contributed by atoms with E-state index in [1.54, 1.807) is 0 Å². The van der Waals surface area contributed by atoms with Crippen molar-refractivity contribution in [2.24, 2.45) is 11.7 Å². The molecule has 54 heavy (non-hydrogen) atoms. The minimum atomic E-state index is -3.86. The largest absolute Gasteiger partial charge is 0.332 e. The van der Waals surface area contributed by atoms with Gasteiger partial charge < -0.3 is 21.3 Å². The van der Waals surface area contributed by atoms with Gasteiger partial charge in [-0.15, -0.1) is 0 Å². The molecule has 12 nitrogen and oxygen atoms in total. The second kappa shape index (κ2) is 16.0. The average Bonchev–Trinajstić information content (AvgIpc) is 3.93. The minimum absolute atomic E-state index is 0.124. The lowest BCUT2D eigenvalue weighted by Gasteiger charge is -2.24. The van der Waals surface area contributed by atoms with Crippen LogP contribution in [-0.4, -0.2) is 65.4 Å². The highest BCUT2D eigenvalue weighted by Gasteiger charge is 2.40. The van der Waals surface area contributed by atoms with Gasteiger partial charge in [0.05, 0.1) is 11.5 Å². The molecule has 0 saturated heterocycles. The van der Waals surface area contributed by atoms with Crippen molar-refractivity contribution in [3.63, 3.8) is 0 Å². The molecular weight excluding hydrogens is 725 g/mol. The third-order valence-electron chi connectivity index (χ3n) is 11.6. The zero-order valence-corrected chi connectivity index (χ0v) is 32.6. The monoisotopic (exact) mass is 776 g/mol. The quantitative estimate of drug-likeness (QED) is 0.154. The molecule has 6 N–H and O–H groups in total. The van der Waals surface area contributed by atoms with Gasteiger partial charge in [0.1, 0.15) is 0 Å². The van der Waals surface area contributed by atoms with Crippen molar-refractivity contribution in [3.05, 3.63) is 92.5 Å². The van der Waals surface area contributed by atoms with E-state index in [1.165, 1.54) is 22.3 Å². The number of nitrogens with zero attached hydrogens (tertiary/aromatic N) is 1. The number of amides is 4. The standard InChI is InChI=1S/C40H52N6O6S2/c1-46(25-26-9-3-2-4-10-26)18-8-20-54(51,52)44-39(47)42-37-33-13-5-12-28(33)22-30-23-31(24-35(30)37)32-16-15-29-21-27-11-6-14-34(27)38(36(29)32)43-40(48)45-53(49,50)19-7-17-41/h2-4,9-10,21-22,31-32H,5-8,11-20,23-25,41H2,1H3,(H2,42,44,47)(H2,43,45,48). The third-order valence-corrected chi connectivity index (χ3v) is 14.2. The molecule has 0 aliphatic heterocycles. The van der Waals surface area contributed by atoms with Crippen LogP contribution in [-0.2, 0) is 71.5 Å². The predicted octanol–water partition coefficient (Wildman–Crippen LogP) is 4.88. The smallest absolute Gasteiger partial charge is 0.330 e. The van der Waals surface area contributed by atoms with Crippen LogP contribution in [0, 0.1) is 5.92 Å². The summed E-state index contributed by atoms with van der Waals surface area (Å²) in [7, 11) is -5.74. The van der Waals surface area contributed by atoms with Crippen molar-refractivity contribution in [2.45, 2.75) is 89.5 Å². The van der Waals surface area contributed by atoms with Gasteiger partial charge in [0.15, 0.2) is 0 Å². The number of carbonyl (C=O) groups excluding carboxylic acids is 2. The number of anilines is 2. The Kier molecular flexibility index (Phi) is 11.4. The summed E-state index contributed by atoms with van der Waals surface area (Å²) < 4.78 is 55.6. The Morgan fingerprint density at radius 3 is 2.02 bits per heavy atom. The number of nitrogens with two attached hydrogens (primary N) is 1. The molecule has 4 aliphatic rings. The Hall–Kier alpha value is -3.98. The summed E-state index contributed by atoms with van der Waals surface area (Å²) in [6.45, 7) is 1.49. The van der Waals surface area contributed by atoms with E-state index >= 15 is 0 Å². The number of hydrogen-bond acceptors (Lipinski definition) is 8. The highest BCUT2D eigenvalue weighted by atomic mass is 32.2. The Labute approximate surface area is 319 Å². The highest BCUT2D eigenvalue weighted by molar-refractivity contribution is 7.90. The van der Waals surface area contributed by atoms with Crippen LogP contribution in [0.1, 0.15) is 88.1 Å². The molecule has 0 saturated carbocycles. The second-order valence-electron chi connectivity index (χ2n) is 15.5. The van der Waals surface area contributed by atoms with E-state index in [-0.39, 0.29) is 36.3 Å². The number of rotatable bonds is 14. The van der Waals surface area contributed by atoms with E-state index in [9.17, 15) is 26.4 Å². The van der Waals surface area contributed by atoms with Crippen molar-refractivity contribution < 1.29 is 26.4 Å². The van der Waals surface area contributed by atoms with Gasteiger partial charge in [0, 0.05) is 17.9 Å². The molecule has 0 heterocycles. The number of hydrogen-bond donors (Lipinski definition) is 5. The van der Waals surface area contributed by atoms with E-state index in [0.29, 0.717) is 25.9 Å². The molecule has 4 amide bonds. The molecule has 3 aromatic carbocycles. The number of sulfonamides is 2. The molecule has 2 unspecified atom stereocenters. The van der Waals surface area contributed by atoms with E-state index in [0.717, 1.165) is 97.0 Å². The van der Waals surface area contributed by atoms with E-state index < -0.39 is 32.1 Å². The Balaban J connectivity index is 1.06. The zero-order chi connectivity index (χ0) is 38.0. The van der Waals surface area contributed by atoms with Gasteiger partial charge in [-0.3, -0.25) is 0 Å². The first-order chi connectivity index (χ1) is 25.9. The van der Waals surface area contributed by atoms with E-state index in [1.807, 2.05) is 37.4 Å². The van der Waals surface area contributed by atoms with Crippen molar-refractivity contribution in [1.29, 1.82) is 0 Å². The molecule has 7 rings (SSSR count). The number of benzene rings is 3.